The maximum Gasteiger partial charge on any atom is 0.244 e. The molecule has 2 aromatic carbocycles. The van der Waals surface area contributed by atoms with Gasteiger partial charge in [0, 0.05) is 12.1 Å². The molecule has 0 spiro atoms. The van der Waals surface area contributed by atoms with Crippen LogP contribution in [0.3, 0.4) is 0 Å². The third-order valence-electron chi connectivity index (χ3n) is 5.25. The van der Waals surface area contributed by atoms with E-state index in [1.54, 1.807) is 49.4 Å². The fourth-order valence-corrected chi connectivity index (χ4v) is 4.81. The number of rotatable bonds is 10. The summed E-state index contributed by atoms with van der Waals surface area (Å²) in [6.45, 7) is 6.81. The molecule has 198 valence electrons. The summed E-state index contributed by atoms with van der Waals surface area (Å²) in [5.41, 5.74) is 0.333. The largest absolute Gasteiger partial charge is 0.495 e. The molecule has 0 aliphatic rings. The number of para-hydroxylation sites is 2. The molecule has 0 aliphatic carbocycles. The summed E-state index contributed by atoms with van der Waals surface area (Å²) in [5, 5.41) is 3.58. The van der Waals surface area contributed by atoms with Crippen LogP contribution in [0.15, 0.2) is 42.5 Å². The van der Waals surface area contributed by atoms with Crippen molar-refractivity contribution in [1.82, 2.24) is 10.2 Å². The number of amides is 2. The van der Waals surface area contributed by atoms with Gasteiger partial charge in [-0.2, -0.15) is 0 Å². The molecule has 2 aromatic rings. The Balaban J connectivity index is 2.52. The topological polar surface area (TPSA) is 96.0 Å². The number of carbonyl (C=O) groups excluding carboxylic acids is 2. The number of nitrogens with one attached hydrogen (secondary N) is 1. The third kappa shape index (κ3) is 8.01. The minimum absolute atomic E-state index is 0.0231. The molecular weight excluding hydrogens is 525 g/mol. The zero-order valence-electron chi connectivity index (χ0n) is 21.3. The highest BCUT2D eigenvalue weighted by Crippen LogP contribution is 2.30. The van der Waals surface area contributed by atoms with Gasteiger partial charge in [0.15, 0.2) is 0 Å². The Kier molecular flexibility index (Phi) is 10.0. The zero-order valence-corrected chi connectivity index (χ0v) is 23.7. The summed E-state index contributed by atoms with van der Waals surface area (Å²) in [6.07, 6.45) is 1.32. The van der Waals surface area contributed by atoms with Crippen LogP contribution in [0.4, 0.5) is 5.69 Å². The maximum absolute atomic E-state index is 13.7. The van der Waals surface area contributed by atoms with E-state index in [0.717, 1.165) is 10.6 Å². The lowest BCUT2D eigenvalue weighted by Gasteiger charge is -2.34. The quantitative estimate of drug-likeness (QED) is 0.464. The molecular formula is C25H33Cl2N3O5S. The second-order valence-electron chi connectivity index (χ2n) is 9.37. The number of halogens is 2. The van der Waals surface area contributed by atoms with Crippen LogP contribution >= 0.6 is 23.2 Å². The molecule has 0 bridgehead atoms. The van der Waals surface area contributed by atoms with Crippen LogP contribution in [-0.4, -0.2) is 56.6 Å². The predicted octanol–water partition coefficient (Wildman–Crippen LogP) is 4.49. The molecule has 0 fully saturated rings. The highest BCUT2D eigenvalue weighted by Gasteiger charge is 2.33. The first-order chi connectivity index (χ1) is 16.7. The Morgan fingerprint density at radius 2 is 1.72 bits per heavy atom. The fourth-order valence-electron chi connectivity index (χ4n) is 3.64. The number of ether oxygens (including phenoxy) is 1. The molecule has 2 rings (SSSR count). The molecule has 1 atom stereocenters. The lowest BCUT2D eigenvalue weighted by molar-refractivity contribution is -0.141. The molecule has 0 unspecified atom stereocenters. The van der Waals surface area contributed by atoms with Gasteiger partial charge >= 0.3 is 0 Å². The van der Waals surface area contributed by atoms with Gasteiger partial charge in [-0.3, -0.25) is 13.9 Å². The molecule has 8 nitrogen and oxygen atoms in total. The van der Waals surface area contributed by atoms with Crippen molar-refractivity contribution in [1.29, 1.82) is 0 Å². The number of hydrogen-bond acceptors (Lipinski definition) is 5. The second kappa shape index (κ2) is 12.2. The molecule has 0 saturated heterocycles. The van der Waals surface area contributed by atoms with E-state index in [-0.39, 0.29) is 18.1 Å². The van der Waals surface area contributed by atoms with Crippen molar-refractivity contribution < 1.29 is 22.7 Å². The van der Waals surface area contributed by atoms with Crippen LogP contribution in [0.2, 0.25) is 10.0 Å². The van der Waals surface area contributed by atoms with Gasteiger partial charge < -0.3 is 15.0 Å². The molecule has 0 aliphatic heterocycles. The van der Waals surface area contributed by atoms with Crippen LogP contribution in [0, 0.1) is 0 Å². The summed E-state index contributed by atoms with van der Waals surface area (Å²) < 4.78 is 31.8. The van der Waals surface area contributed by atoms with Crippen molar-refractivity contribution in [2.24, 2.45) is 0 Å². The lowest BCUT2D eigenvalue weighted by Crippen LogP contribution is -2.55. The Hall–Kier alpha value is -2.49. The fraction of sp³-hybridized carbons (Fsp3) is 0.440. The minimum Gasteiger partial charge on any atom is -0.495 e. The smallest absolute Gasteiger partial charge is 0.244 e. The van der Waals surface area contributed by atoms with E-state index in [2.05, 4.69) is 5.32 Å². The highest BCUT2D eigenvalue weighted by molar-refractivity contribution is 7.92. The summed E-state index contributed by atoms with van der Waals surface area (Å²) in [6, 6.07) is 10.6. The van der Waals surface area contributed by atoms with E-state index in [9.17, 15) is 18.0 Å². The van der Waals surface area contributed by atoms with Gasteiger partial charge in [0.25, 0.3) is 0 Å². The molecule has 0 radical (unpaired) electrons. The minimum atomic E-state index is -3.88. The van der Waals surface area contributed by atoms with Gasteiger partial charge in [0.05, 0.1) is 29.1 Å². The first kappa shape index (κ1) is 29.7. The summed E-state index contributed by atoms with van der Waals surface area (Å²) in [4.78, 5) is 28.3. The Morgan fingerprint density at radius 1 is 1.08 bits per heavy atom. The molecule has 36 heavy (non-hydrogen) atoms. The molecule has 0 saturated carbocycles. The number of hydrogen-bond donors (Lipinski definition) is 1. The van der Waals surface area contributed by atoms with Gasteiger partial charge in [-0.25, -0.2) is 8.42 Å². The van der Waals surface area contributed by atoms with Crippen LogP contribution in [-0.2, 0) is 26.2 Å². The van der Waals surface area contributed by atoms with E-state index in [1.807, 2.05) is 20.8 Å². The second-order valence-corrected chi connectivity index (χ2v) is 12.1. The Morgan fingerprint density at radius 3 is 2.25 bits per heavy atom. The van der Waals surface area contributed by atoms with Crippen molar-refractivity contribution >= 4 is 50.7 Å². The average Bonchev–Trinajstić information content (AvgIpc) is 2.77. The first-order valence-electron chi connectivity index (χ1n) is 11.3. The van der Waals surface area contributed by atoms with Gasteiger partial charge in [-0.05, 0) is 57.0 Å². The maximum atomic E-state index is 13.7. The lowest BCUT2D eigenvalue weighted by atomic mass is 10.1. The van der Waals surface area contributed by atoms with E-state index in [0.29, 0.717) is 27.8 Å². The van der Waals surface area contributed by atoms with Crippen LogP contribution in [0.1, 0.15) is 39.7 Å². The SMILES string of the molecule is CC[C@H](C(=O)NC(C)(C)C)N(Cc1ccc(Cl)c(Cl)c1)C(=O)CN(c1ccccc1OC)S(C)(=O)=O. The van der Waals surface area contributed by atoms with Gasteiger partial charge in [0.1, 0.15) is 18.3 Å². The number of methoxy groups -OCH3 is 1. The van der Waals surface area contributed by atoms with Gasteiger partial charge in [-0.1, -0.05) is 48.3 Å². The summed E-state index contributed by atoms with van der Waals surface area (Å²) in [7, 11) is -2.46. The summed E-state index contributed by atoms with van der Waals surface area (Å²) in [5.74, 6) is -0.612. The van der Waals surface area contributed by atoms with Crippen molar-refractivity contribution in [2.45, 2.75) is 52.2 Å². The van der Waals surface area contributed by atoms with Gasteiger partial charge in [0.2, 0.25) is 21.8 Å². The molecule has 0 aromatic heterocycles. The molecule has 1 N–H and O–H groups in total. The van der Waals surface area contributed by atoms with E-state index >= 15 is 0 Å². The summed E-state index contributed by atoms with van der Waals surface area (Å²) >= 11 is 12.2. The first-order valence-corrected chi connectivity index (χ1v) is 13.9. The number of anilines is 1. The standard InChI is InChI=1S/C25H33Cl2N3O5S/c1-7-20(24(32)28-25(2,3)4)29(15-17-12-13-18(26)19(27)14-17)23(31)16-30(36(6,33)34)21-10-8-9-11-22(21)35-5/h8-14,20H,7,15-16H2,1-6H3,(H,28,32)/t20-/m1/s1. The van der Waals surface area contributed by atoms with Crippen LogP contribution in [0.5, 0.6) is 5.75 Å². The highest BCUT2D eigenvalue weighted by atomic mass is 35.5. The monoisotopic (exact) mass is 557 g/mol. The zero-order chi connectivity index (χ0) is 27.3. The van der Waals surface area contributed by atoms with E-state index < -0.39 is 34.1 Å². The molecule has 2 amide bonds. The molecule has 11 heteroatoms. The van der Waals surface area contributed by atoms with Crippen molar-refractivity contribution in [2.75, 3.05) is 24.2 Å². The predicted molar refractivity (Wildman–Crippen MR) is 144 cm³/mol. The number of benzene rings is 2. The Bertz CT molecular complexity index is 1200. The van der Waals surface area contributed by atoms with Crippen molar-refractivity contribution in [3.05, 3.63) is 58.1 Å². The third-order valence-corrected chi connectivity index (χ3v) is 7.12. The number of carbonyl (C=O) groups is 2. The number of nitrogens with zero attached hydrogens (tertiary/aromatic N) is 2. The van der Waals surface area contributed by atoms with Crippen LogP contribution < -0.4 is 14.4 Å². The van der Waals surface area contributed by atoms with Crippen molar-refractivity contribution in [3.8, 4) is 5.75 Å². The van der Waals surface area contributed by atoms with Gasteiger partial charge in [-0.15, -0.1) is 0 Å². The Labute approximate surface area is 223 Å². The number of sulfonamides is 1. The van der Waals surface area contributed by atoms with E-state index in [1.165, 1.54) is 12.0 Å². The average molecular weight is 559 g/mol. The van der Waals surface area contributed by atoms with Crippen molar-refractivity contribution in [3.63, 3.8) is 0 Å². The normalized spacial score (nSPS) is 12.6. The van der Waals surface area contributed by atoms with Crippen LogP contribution in [0.25, 0.3) is 0 Å². The van der Waals surface area contributed by atoms with E-state index in [4.69, 9.17) is 27.9 Å². The molecule has 0 heterocycles.